The molecule has 0 saturated carbocycles. The van der Waals surface area contributed by atoms with Gasteiger partial charge in [-0.25, -0.2) is 4.72 Å². The van der Waals surface area contributed by atoms with Gasteiger partial charge in [-0.2, -0.15) is 12.7 Å². The Morgan fingerprint density at radius 3 is 2.35 bits per heavy atom. The second-order valence-corrected chi connectivity index (χ2v) is 8.36. The summed E-state index contributed by atoms with van der Waals surface area (Å²) in [7, 11) is -3.36. The molecule has 3 N–H and O–H groups in total. The lowest BCUT2D eigenvalue weighted by Crippen LogP contribution is -2.48. The van der Waals surface area contributed by atoms with Gasteiger partial charge >= 0.3 is 0 Å². The smallest absolute Gasteiger partial charge is 0.279 e. The minimum atomic E-state index is -3.36. The maximum atomic E-state index is 12.4. The van der Waals surface area contributed by atoms with E-state index in [4.69, 9.17) is 5.73 Å². The van der Waals surface area contributed by atoms with Gasteiger partial charge in [-0.05, 0) is 43.1 Å². The first-order valence-electron chi connectivity index (χ1n) is 7.72. The Morgan fingerprint density at radius 1 is 1.25 bits per heavy atom. The van der Waals surface area contributed by atoms with Gasteiger partial charge in [0, 0.05) is 19.6 Å². The van der Waals surface area contributed by atoms with Gasteiger partial charge in [0.2, 0.25) is 0 Å². The van der Waals surface area contributed by atoms with Crippen molar-refractivity contribution >= 4 is 10.2 Å². The van der Waals surface area contributed by atoms with E-state index in [1.165, 1.54) is 0 Å². The minimum Gasteiger partial charge on any atom is -0.330 e. The van der Waals surface area contributed by atoms with E-state index >= 15 is 0 Å². The van der Waals surface area contributed by atoms with E-state index in [1.54, 1.807) is 4.31 Å². The molecule has 0 aromatic heterocycles. The molecule has 1 heterocycles. The van der Waals surface area contributed by atoms with Crippen molar-refractivity contribution in [2.75, 3.05) is 26.2 Å². The molecule has 1 rings (SSSR count). The maximum absolute atomic E-state index is 12.4. The molecule has 20 heavy (non-hydrogen) atoms. The molecule has 6 heteroatoms. The lowest BCUT2D eigenvalue weighted by atomic mass is 9.86. The van der Waals surface area contributed by atoms with Crippen LogP contribution in [0.15, 0.2) is 0 Å². The molecule has 1 atom stereocenters. The second kappa shape index (κ2) is 7.73. The number of piperidine rings is 1. The van der Waals surface area contributed by atoms with Gasteiger partial charge in [-0.1, -0.05) is 27.7 Å². The highest BCUT2D eigenvalue weighted by Crippen LogP contribution is 2.21. The molecule has 0 amide bonds. The SMILES string of the molecule is CC(C)C(CNS(=O)(=O)N1CCCC(CN)C1)C(C)C. The zero-order valence-corrected chi connectivity index (χ0v) is 14.1. The van der Waals surface area contributed by atoms with Crippen molar-refractivity contribution in [2.24, 2.45) is 29.4 Å². The predicted molar refractivity (Wildman–Crippen MR) is 83.4 cm³/mol. The van der Waals surface area contributed by atoms with E-state index in [-0.39, 0.29) is 0 Å². The molecular weight excluding hydrogens is 274 g/mol. The van der Waals surface area contributed by atoms with Crippen LogP contribution in [0.5, 0.6) is 0 Å². The number of nitrogens with two attached hydrogens (primary N) is 1. The highest BCUT2D eigenvalue weighted by Gasteiger charge is 2.29. The van der Waals surface area contributed by atoms with Gasteiger partial charge in [0.05, 0.1) is 0 Å². The molecule has 0 aliphatic carbocycles. The Morgan fingerprint density at radius 2 is 1.85 bits per heavy atom. The van der Waals surface area contributed by atoms with Crippen molar-refractivity contribution < 1.29 is 8.42 Å². The number of nitrogens with one attached hydrogen (secondary N) is 1. The first-order chi connectivity index (χ1) is 9.27. The molecule has 1 aliphatic rings. The van der Waals surface area contributed by atoms with Crippen molar-refractivity contribution in [3.63, 3.8) is 0 Å². The van der Waals surface area contributed by atoms with Crippen molar-refractivity contribution in [1.82, 2.24) is 9.03 Å². The summed E-state index contributed by atoms with van der Waals surface area (Å²) < 4.78 is 29.1. The summed E-state index contributed by atoms with van der Waals surface area (Å²) in [5.74, 6) is 1.60. The van der Waals surface area contributed by atoms with Crippen LogP contribution in [0.25, 0.3) is 0 Å². The average molecular weight is 305 g/mol. The summed E-state index contributed by atoms with van der Waals surface area (Å²) in [6.45, 7) is 10.8. The summed E-state index contributed by atoms with van der Waals surface area (Å²) in [6.07, 6.45) is 1.93. The van der Waals surface area contributed by atoms with Gasteiger partial charge in [0.25, 0.3) is 10.2 Å². The van der Waals surface area contributed by atoms with Crippen LogP contribution in [0, 0.1) is 23.7 Å². The van der Waals surface area contributed by atoms with Crippen LogP contribution in [-0.2, 0) is 10.2 Å². The number of rotatable bonds is 7. The average Bonchev–Trinajstić information content (AvgIpc) is 2.38. The van der Waals surface area contributed by atoms with Crippen molar-refractivity contribution in [1.29, 1.82) is 0 Å². The van der Waals surface area contributed by atoms with E-state index < -0.39 is 10.2 Å². The van der Waals surface area contributed by atoms with E-state index in [2.05, 4.69) is 32.4 Å². The van der Waals surface area contributed by atoms with Crippen molar-refractivity contribution in [2.45, 2.75) is 40.5 Å². The molecule has 1 unspecified atom stereocenters. The van der Waals surface area contributed by atoms with E-state index in [0.29, 0.717) is 49.9 Å². The van der Waals surface area contributed by atoms with E-state index in [1.807, 2.05) is 0 Å². The van der Waals surface area contributed by atoms with Gasteiger partial charge in [0.15, 0.2) is 0 Å². The van der Waals surface area contributed by atoms with Gasteiger partial charge in [-0.3, -0.25) is 0 Å². The van der Waals surface area contributed by atoms with Crippen LogP contribution >= 0.6 is 0 Å². The Hall–Kier alpha value is -0.170. The Labute approximate surface area is 124 Å². The molecule has 0 radical (unpaired) electrons. The highest BCUT2D eigenvalue weighted by atomic mass is 32.2. The molecule has 0 bridgehead atoms. The largest absolute Gasteiger partial charge is 0.330 e. The fourth-order valence-corrected chi connectivity index (χ4v) is 4.33. The fourth-order valence-electron chi connectivity index (χ4n) is 2.97. The normalized spacial score (nSPS) is 22.1. The number of hydrogen-bond acceptors (Lipinski definition) is 3. The lowest BCUT2D eigenvalue weighted by Gasteiger charge is -2.32. The molecule has 5 nitrogen and oxygen atoms in total. The van der Waals surface area contributed by atoms with E-state index in [9.17, 15) is 8.42 Å². The van der Waals surface area contributed by atoms with Crippen LogP contribution in [-0.4, -0.2) is 38.9 Å². The summed E-state index contributed by atoms with van der Waals surface area (Å²) in [5.41, 5.74) is 5.67. The van der Waals surface area contributed by atoms with E-state index in [0.717, 1.165) is 12.8 Å². The zero-order chi connectivity index (χ0) is 15.3. The first kappa shape index (κ1) is 17.9. The molecular formula is C14H31N3O2S. The zero-order valence-electron chi connectivity index (χ0n) is 13.3. The van der Waals surface area contributed by atoms with Crippen molar-refractivity contribution in [3.8, 4) is 0 Å². The Balaban J connectivity index is 2.60. The van der Waals surface area contributed by atoms with Gasteiger partial charge < -0.3 is 5.73 Å². The minimum absolute atomic E-state index is 0.298. The second-order valence-electron chi connectivity index (χ2n) is 6.61. The quantitative estimate of drug-likeness (QED) is 0.747. The summed E-state index contributed by atoms with van der Waals surface area (Å²) in [4.78, 5) is 0. The standard InChI is InChI=1S/C14H31N3O2S/c1-11(2)14(12(3)4)9-16-20(18,19)17-7-5-6-13(8-15)10-17/h11-14,16H,5-10,15H2,1-4H3. The first-order valence-corrected chi connectivity index (χ1v) is 9.16. The molecule has 1 saturated heterocycles. The molecule has 1 aliphatic heterocycles. The van der Waals surface area contributed by atoms with Crippen LogP contribution in [0.2, 0.25) is 0 Å². The van der Waals surface area contributed by atoms with Crippen LogP contribution in [0.4, 0.5) is 0 Å². The topological polar surface area (TPSA) is 75.4 Å². The third kappa shape index (κ3) is 4.98. The summed E-state index contributed by atoms with van der Waals surface area (Å²) >= 11 is 0. The molecule has 0 aromatic carbocycles. The van der Waals surface area contributed by atoms with Crippen LogP contribution in [0.1, 0.15) is 40.5 Å². The predicted octanol–water partition coefficient (Wildman–Crippen LogP) is 1.42. The number of nitrogens with zero attached hydrogens (tertiary/aromatic N) is 1. The van der Waals surface area contributed by atoms with Gasteiger partial charge in [-0.15, -0.1) is 0 Å². The Bertz CT molecular complexity index is 374. The molecule has 0 aromatic rings. The Kier molecular flexibility index (Phi) is 6.91. The fraction of sp³-hybridized carbons (Fsp3) is 1.00. The third-order valence-corrected chi connectivity index (χ3v) is 5.91. The van der Waals surface area contributed by atoms with Gasteiger partial charge in [0.1, 0.15) is 0 Å². The lowest BCUT2D eigenvalue weighted by molar-refractivity contribution is 0.259. The molecule has 0 spiro atoms. The van der Waals surface area contributed by atoms with Crippen molar-refractivity contribution in [3.05, 3.63) is 0 Å². The maximum Gasteiger partial charge on any atom is 0.279 e. The molecule has 1 fully saturated rings. The third-order valence-electron chi connectivity index (χ3n) is 4.37. The molecule has 120 valence electrons. The van der Waals surface area contributed by atoms with Crippen LogP contribution < -0.4 is 10.5 Å². The highest BCUT2D eigenvalue weighted by molar-refractivity contribution is 7.87. The van der Waals surface area contributed by atoms with Crippen LogP contribution in [0.3, 0.4) is 0 Å². The monoisotopic (exact) mass is 305 g/mol. The summed E-state index contributed by atoms with van der Waals surface area (Å²) in [6, 6.07) is 0. The number of hydrogen-bond donors (Lipinski definition) is 2. The summed E-state index contributed by atoms with van der Waals surface area (Å²) in [5, 5.41) is 0.